The zero-order chi connectivity index (χ0) is 18.7. The van der Waals surface area contributed by atoms with Crippen LogP contribution in [0.3, 0.4) is 0 Å². The lowest BCUT2D eigenvalue weighted by atomic mass is 9.97. The minimum atomic E-state index is -0.191. The first-order chi connectivity index (χ1) is 13.1. The molecule has 132 valence electrons. The Kier molecular flexibility index (Phi) is 3.12. The number of fused-ring (bicyclic) bond motifs is 2. The van der Waals surface area contributed by atoms with Crippen molar-refractivity contribution in [3.8, 4) is 5.69 Å². The molecule has 2 aromatic heterocycles. The van der Waals surface area contributed by atoms with Gasteiger partial charge < -0.3 is 5.11 Å². The molecule has 6 heteroatoms. The van der Waals surface area contributed by atoms with E-state index >= 15 is 0 Å². The normalized spacial score (nSPS) is 13.0. The third-order valence-electron chi connectivity index (χ3n) is 5.07. The van der Waals surface area contributed by atoms with Gasteiger partial charge in [0.2, 0.25) is 0 Å². The van der Waals surface area contributed by atoms with Gasteiger partial charge in [-0.2, -0.15) is 0 Å². The third-order valence-corrected chi connectivity index (χ3v) is 5.07. The highest BCUT2D eigenvalue weighted by Crippen LogP contribution is 2.23. The maximum Gasteiger partial charge on any atom is 0.279 e. The molecule has 0 spiro atoms. The van der Waals surface area contributed by atoms with E-state index < -0.39 is 0 Å². The van der Waals surface area contributed by atoms with E-state index in [0.717, 1.165) is 16.9 Å². The molecule has 5 rings (SSSR count). The van der Waals surface area contributed by atoms with Gasteiger partial charge in [0.05, 0.1) is 27.9 Å². The molecule has 2 aromatic carbocycles. The van der Waals surface area contributed by atoms with Crippen molar-refractivity contribution in [2.24, 2.45) is 7.05 Å². The second-order valence-corrected chi connectivity index (χ2v) is 6.57. The summed E-state index contributed by atoms with van der Waals surface area (Å²) in [6, 6.07) is 16.9. The molecule has 0 radical (unpaired) electrons. The fraction of sp³-hybridized carbons (Fsp3) is 0.0952. The average Bonchev–Trinajstić information content (AvgIpc) is 2.91. The summed E-state index contributed by atoms with van der Waals surface area (Å²) in [5, 5.41) is 11.6. The summed E-state index contributed by atoms with van der Waals surface area (Å²) in [7, 11) is 1.83. The molecule has 0 atom stereocenters. The number of rotatable bonds is 2. The molecule has 1 aliphatic rings. The highest BCUT2D eigenvalue weighted by Gasteiger charge is 2.29. The van der Waals surface area contributed by atoms with Crippen LogP contribution in [0.4, 0.5) is 0 Å². The van der Waals surface area contributed by atoms with Crippen LogP contribution in [0.1, 0.15) is 11.3 Å². The first kappa shape index (κ1) is 15.6. The van der Waals surface area contributed by atoms with E-state index in [2.05, 4.69) is 9.97 Å². The average molecular weight is 356 g/mol. The maximum atomic E-state index is 13.2. The first-order valence-corrected chi connectivity index (χ1v) is 8.63. The predicted octanol–water partition coefficient (Wildman–Crippen LogP) is 1.31. The second kappa shape index (κ2) is 5.41. The van der Waals surface area contributed by atoms with Crippen LogP contribution in [0.15, 0.2) is 59.4 Å². The van der Waals surface area contributed by atoms with Crippen LogP contribution in [0, 0.1) is 6.92 Å². The highest BCUT2D eigenvalue weighted by atomic mass is 16.3. The highest BCUT2D eigenvalue weighted by molar-refractivity contribution is 5.98. The SMILES string of the molecule is Cc1c(C2=c3nc4ccccc4nc3=C2O)c(=O)n(-c2ccccc2)n1C. The maximum absolute atomic E-state index is 13.2. The summed E-state index contributed by atoms with van der Waals surface area (Å²) < 4.78 is 3.39. The number of aliphatic hydroxyl groups is 1. The van der Waals surface area contributed by atoms with Crippen molar-refractivity contribution in [1.29, 1.82) is 0 Å². The summed E-state index contributed by atoms with van der Waals surface area (Å²) >= 11 is 0. The summed E-state index contributed by atoms with van der Waals surface area (Å²) in [5.74, 6) is 0.0225. The van der Waals surface area contributed by atoms with E-state index in [1.165, 1.54) is 0 Å². The molecular weight excluding hydrogens is 340 g/mol. The minimum absolute atomic E-state index is 0.0225. The molecular formula is C21H16N4O2. The summed E-state index contributed by atoms with van der Waals surface area (Å²) in [6.07, 6.45) is 0. The molecule has 0 bridgehead atoms. The fourth-order valence-corrected chi connectivity index (χ4v) is 3.60. The Labute approximate surface area is 154 Å². The van der Waals surface area contributed by atoms with Gasteiger partial charge in [0.15, 0.2) is 5.76 Å². The monoisotopic (exact) mass is 356 g/mol. The van der Waals surface area contributed by atoms with Gasteiger partial charge in [-0.1, -0.05) is 30.3 Å². The third kappa shape index (κ3) is 2.04. The molecule has 0 saturated heterocycles. The Balaban J connectivity index is 1.83. The van der Waals surface area contributed by atoms with Crippen molar-refractivity contribution in [2.45, 2.75) is 6.92 Å². The zero-order valence-electron chi connectivity index (χ0n) is 14.8. The summed E-state index contributed by atoms with van der Waals surface area (Å²) in [5.41, 5.74) is 3.71. The quantitative estimate of drug-likeness (QED) is 0.588. The van der Waals surface area contributed by atoms with Gasteiger partial charge in [0.1, 0.15) is 10.7 Å². The second-order valence-electron chi connectivity index (χ2n) is 6.57. The molecule has 0 fully saturated rings. The smallest absolute Gasteiger partial charge is 0.279 e. The van der Waals surface area contributed by atoms with E-state index in [1.54, 1.807) is 9.36 Å². The number of para-hydroxylation sites is 3. The Hall–Kier alpha value is -3.67. The number of aliphatic hydroxyl groups excluding tert-OH is 1. The van der Waals surface area contributed by atoms with Crippen molar-refractivity contribution in [1.82, 2.24) is 19.3 Å². The molecule has 0 saturated carbocycles. The molecule has 2 heterocycles. The topological polar surface area (TPSA) is 72.9 Å². The van der Waals surface area contributed by atoms with E-state index in [1.807, 2.05) is 68.6 Å². The van der Waals surface area contributed by atoms with Gasteiger partial charge in [-0.25, -0.2) is 14.6 Å². The Bertz CT molecular complexity index is 1410. The molecule has 6 nitrogen and oxygen atoms in total. The van der Waals surface area contributed by atoms with Crippen LogP contribution in [0.5, 0.6) is 0 Å². The van der Waals surface area contributed by atoms with Crippen LogP contribution in [-0.2, 0) is 7.05 Å². The van der Waals surface area contributed by atoms with Gasteiger partial charge in [0, 0.05) is 12.7 Å². The largest absolute Gasteiger partial charge is 0.505 e. The van der Waals surface area contributed by atoms with E-state index in [-0.39, 0.29) is 11.3 Å². The molecule has 0 amide bonds. The van der Waals surface area contributed by atoms with Gasteiger partial charge >= 0.3 is 0 Å². The summed E-state index contributed by atoms with van der Waals surface area (Å²) in [4.78, 5) is 22.3. The van der Waals surface area contributed by atoms with Gasteiger partial charge in [-0.15, -0.1) is 0 Å². The molecule has 0 aliphatic heterocycles. The van der Waals surface area contributed by atoms with Gasteiger partial charge in [0.25, 0.3) is 5.56 Å². The van der Waals surface area contributed by atoms with Crippen LogP contribution in [-0.4, -0.2) is 24.4 Å². The lowest BCUT2D eigenvalue weighted by Crippen LogP contribution is -2.45. The van der Waals surface area contributed by atoms with Crippen molar-refractivity contribution >= 4 is 22.4 Å². The number of nitrogens with zero attached hydrogens (tertiary/aromatic N) is 4. The lowest BCUT2D eigenvalue weighted by molar-refractivity contribution is 0.506. The van der Waals surface area contributed by atoms with Crippen LogP contribution in [0.25, 0.3) is 28.1 Å². The van der Waals surface area contributed by atoms with E-state index in [0.29, 0.717) is 27.4 Å². The van der Waals surface area contributed by atoms with Crippen molar-refractivity contribution < 1.29 is 5.11 Å². The van der Waals surface area contributed by atoms with Crippen LogP contribution >= 0.6 is 0 Å². The van der Waals surface area contributed by atoms with Crippen molar-refractivity contribution in [3.63, 3.8) is 0 Å². The van der Waals surface area contributed by atoms with E-state index in [4.69, 9.17) is 0 Å². The standard InChI is InChI=1S/C21H16N4O2/c1-12-16(21(27)25(24(12)2)13-8-4-3-5-9-13)17-18-19(20(17)26)23-15-11-7-6-10-14(15)22-18/h3-11,26H,1-2H3. The zero-order valence-corrected chi connectivity index (χ0v) is 14.8. The Morgan fingerprint density at radius 1 is 0.889 bits per heavy atom. The van der Waals surface area contributed by atoms with Crippen LogP contribution in [0.2, 0.25) is 0 Å². The predicted molar refractivity (Wildman–Crippen MR) is 103 cm³/mol. The summed E-state index contributed by atoms with van der Waals surface area (Å²) in [6.45, 7) is 1.86. The fourth-order valence-electron chi connectivity index (χ4n) is 3.60. The van der Waals surface area contributed by atoms with Crippen molar-refractivity contribution in [3.05, 3.63) is 86.9 Å². The minimum Gasteiger partial charge on any atom is -0.505 e. The lowest BCUT2D eigenvalue weighted by Gasteiger charge is -2.13. The number of hydrogen-bond donors (Lipinski definition) is 1. The molecule has 27 heavy (non-hydrogen) atoms. The molecule has 1 aliphatic carbocycles. The Morgan fingerprint density at radius 3 is 2.15 bits per heavy atom. The van der Waals surface area contributed by atoms with Crippen LogP contribution < -0.4 is 16.3 Å². The number of hydrogen-bond acceptors (Lipinski definition) is 4. The molecule has 4 aromatic rings. The van der Waals surface area contributed by atoms with Gasteiger partial charge in [-0.3, -0.25) is 9.48 Å². The van der Waals surface area contributed by atoms with E-state index in [9.17, 15) is 9.90 Å². The molecule has 0 unspecified atom stereocenters. The first-order valence-electron chi connectivity index (χ1n) is 8.63. The molecule has 1 N–H and O–H groups in total. The number of benzene rings is 2. The Morgan fingerprint density at radius 2 is 1.48 bits per heavy atom. The number of aromatic nitrogens is 4. The van der Waals surface area contributed by atoms with Crippen molar-refractivity contribution in [2.75, 3.05) is 0 Å². The van der Waals surface area contributed by atoms with Gasteiger partial charge in [-0.05, 0) is 31.2 Å².